The number of carbonyl (C=O) groups is 1. The molecule has 1 aromatic heterocycles. The molecule has 0 aliphatic carbocycles. The van der Waals surface area contributed by atoms with Crippen molar-refractivity contribution >= 4 is 22.6 Å². The minimum atomic E-state index is -0.489. The third-order valence-electron chi connectivity index (χ3n) is 7.00. The van der Waals surface area contributed by atoms with Gasteiger partial charge in [-0.15, -0.1) is 0 Å². The quantitative estimate of drug-likeness (QED) is 0.342. The minimum Gasteiger partial charge on any atom is -0.313 e. The predicted octanol–water partition coefficient (Wildman–Crippen LogP) is 5.78. The Hall–Kier alpha value is -3.97. The van der Waals surface area contributed by atoms with Gasteiger partial charge in [0.2, 0.25) is 0 Å². The number of anilines is 1. The molecule has 4 rings (SSSR count). The summed E-state index contributed by atoms with van der Waals surface area (Å²) in [6.45, 7) is 11.1. The molecule has 0 radical (unpaired) electrons. The third kappa shape index (κ3) is 5.48. The van der Waals surface area contributed by atoms with Crippen LogP contribution in [0.25, 0.3) is 16.6 Å². The molecule has 1 atom stereocenters. The predicted molar refractivity (Wildman–Crippen MR) is 155 cm³/mol. The summed E-state index contributed by atoms with van der Waals surface area (Å²) in [6, 6.07) is 18.6. The van der Waals surface area contributed by atoms with E-state index in [1.165, 1.54) is 0 Å². The van der Waals surface area contributed by atoms with Crippen LogP contribution in [0.3, 0.4) is 0 Å². The van der Waals surface area contributed by atoms with Crippen LogP contribution >= 0.6 is 0 Å². The Morgan fingerprint density at radius 2 is 1.61 bits per heavy atom. The maximum absolute atomic E-state index is 13.9. The highest BCUT2D eigenvalue weighted by Gasteiger charge is 2.28. The largest absolute Gasteiger partial charge is 0.322 e. The van der Waals surface area contributed by atoms with Gasteiger partial charge in [-0.2, -0.15) is 0 Å². The van der Waals surface area contributed by atoms with E-state index in [2.05, 4.69) is 11.4 Å². The molecule has 1 unspecified atom stereocenters. The number of carbonyl (C=O) groups excluding carboxylic acids is 1. The summed E-state index contributed by atoms with van der Waals surface area (Å²) < 4.78 is 1.68. The summed E-state index contributed by atoms with van der Waals surface area (Å²) in [6.07, 6.45) is 0. The number of nitrogens with zero attached hydrogens (tertiary/aromatic N) is 4. The van der Waals surface area contributed by atoms with Crippen molar-refractivity contribution in [2.45, 2.75) is 40.7 Å². The molecule has 3 aromatic carbocycles. The van der Waals surface area contributed by atoms with Crippen molar-refractivity contribution in [3.8, 4) is 5.69 Å². The van der Waals surface area contributed by atoms with Crippen molar-refractivity contribution < 1.29 is 4.79 Å². The van der Waals surface area contributed by atoms with Crippen LogP contribution in [0, 0.1) is 27.7 Å². The Labute approximate surface area is 224 Å². The lowest BCUT2D eigenvalue weighted by Crippen LogP contribution is -2.43. The topological polar surface area (TPSA) is 70.5 Å². The zero-order valence-corrected chi connectivity index (χ0v) is 23.4. The second-order valence-electron chi connectivity index (χ2n) is 10.3. The molecule has 7 heteroatoms. The maximum atomic E-state index is 13.9. The fourth-order valence-corrected chi connectivity index (χ4v) is 4.83. The van der Waals surface area contributed by atoms with Crippen LogP contribution in [-0.2, 0) is 0 Å². The molecule has 0 fully saturated rings. The standard InChI is InChI=1S/C31H37N5O2/c1-20-15-16-27(23(4)19-20)36-29(32-26-14-9-8-13-25(26)30(36)37)24(5)35(18-17-34(6)7)31(38)33-28-21(2)11-10-12-22(28)3/h8-16,19,24H,17-18H2,1-7H3,(H,33,38). The van der Waals surface area contributed by atoms with Crippen molar-refractivity contribution in [1.82, 2.24) is 19.4 Å². The zero-order valence-electron chi connectivity index (χ0n) is 23.4. The Balaban J connectivity index is 1.88. The Morgan fingerprint density at radius 1 is 0.921 bits per heavy atom. The zero-order chi connectivity index (χ0) is 27.6. The van der Waals surface area contributed by atoms with Gasteiger partial charge >= 0.3 is 6.03 Å². The fourth-order valence-electron chi connectivity index (χ4n) is 4.83. The van der Waals surface area contributed by atoms with E-state index in [1.807, 2.05) is 102 Å². The SMILES string of the molecule is Cc1ccc(-n2c(C(C)N(CCN(C)C)C(=O)Nc3c(C)cccc3C)nc3ccccc3c2=O)c(C)c1. The lowest BCUT2D eigenvalue weighted by Gasteiger charge is -2.32. The summed E-state index contributed by atoms with van der Waals surface area (Å²) in [7, 11) is 3.96. The van der Waals surface area contributed by atoms with Gasteiger partial charge < -0.3 is 15.1 Å². The summed E-state index contributed by atoms with van der Waals surface area (Å²) in [5.74, 6) is 0.524. The van der Waals surface area contributed by atoms with E-state index < -0.39 is 6.04 Å². The van der Waals surface area contributed by atoms with Crippen molar-refractivity contribution in [1.29, 1.82) is 0 Å². The van der Waals surface area contributed by atoms with Crippen LogP contribution in [-0.4, -0.2) is 52.6 Å². The maximum Gasteiger partial charge on any atom is 0.322 e. The summed E-state index contributed by atoms with van der Waals surface area (Å²) in [4.78, 5) is 36.5. The van der Waals surface area contributed by atoms with Crippen molar-refractivity contribution in [3.63, 3.8) is 0 Å². The van der Waals surface area contributed by atoms with Crippen LogP contribution in [0.5, 0.6) is 0 Å². The highest BCUT2D eigenvalue weighted by molar-refractivity contribution is 5.91. The Morgan fingerprint density at radius 3 is 2.26 bits per heavy atom. The average molecular weight is 512 g/mol. The van der Waals surface area contributed by atoms with E-state index in [4.69, 9.17) is 4.98 Å². The molecule has 0 aliphatic rings. The molecule has 0 saturated carbocycles. The molecular formula is C31H37N5O2. The molecule has 198 valence electrons. The van der Waals surface area contributed by atoms with E-state index in [9.17, 15) is 9.59 Å². The highest BCUT2D eigenvalue weighted by atomic mass is 16.2. The van der Waals surface area contributed by atoms with Crippen LogP contribution in [0.15, 0.2) is 65.5 Å². The summed E-state index contributed by atoms with van der Waals surface area (Å²) in [5.41, 5.74) is 6.11. The number of para-hydroxylation sites is 2. The van der Waals surface area contributed by atoms with Gasteiger partial charge in [0, 0.05) is 18.8 Å². The summed E-state index contributed by atoms with van der Waals surface area (Å²) in [5, 5.41) is 3.68. The van der Waals surface area contributed by atoms with Gasteiger partial charge in [-0.3, -0.25) is 9.36 Å². The van der Waals surface area contributed by atoms with Crippen molar-refractivity contribution in [2.75, 3.05) is 32.5 Å². The van der Waals surface area contributed by atoms with Gasteiger partial charge in [0.1, 0.15) is 5.82 Å². The first-order valence-corrected chi connectivity index (χ1v) is 13.0. The smallest absolute Gasteiger partial charge is 0.313 e. The van der Waals surface area contributed by atoms with Gasteiger partial charge in [0.05, 0.1) is 22.6 Å². The third-order valence-corrected chi connectivity index (χ3v) is 7.00. The fraction of sp³-hybridized carbons (Fsp3) is 0.323. The number of benzene rings is 3. The molecule has 0 bridgehead atoms. The van der Waals surface area contributed by atoms with Crippen molar-refractivity contribution in [3.05, 3.63) is 99.1 Å². The monoisotopic (exact) mass is 511 g/mol. The Bertz CT molecular complexity index is 1520. The number of nitrogens with one attached hydrogen (secondary N) is 1. The van der Waals surface area contributed by atoms with Gasteiger partial charge in [0.25, 0.3) is 5.56 Å². The second-order valence-corrected chi connectivity index (χ2v) is 10.3. The average Bonchev–Trinajstić information content (AvgIpc) is 2.87. The van der Waals surface area contributed by atoms with Gasteiger partial charge in [-0.05, 0) is 83.6 Å². The molecule has 1 heterocycles. The van der Waals surface area contributed by atoms with E-state index in [-0.39, 0.29) is 11.6 Å². The molecule has 2 amide bonds. The normalized spacial score (nSPS) is 12.1. The number of hydrogen-bond donors (Lipinski definition) is 1. The van der Waals surface area contributed by atoms with E-state index in [0.29, 0.717) is 29.8 Å². The van der Waals surface area contributed by atoms with E-state index >= 15 is 0 Å². The number of urea groups is 1. The number of aromatic nitrogens is 2. The van der Waals surface area contributed by atoms with Crippen LogP contribution in [0.1, 0.15) is 41.0 Å². The number of likely N-dealkylation sites (N-methyl/N-ethyl adjacent to an activating group) is 1. The molecule has 1 N–H and O–H groups in total. The van der Waals surface area contributed by atoms with Crippen LogP contribution < -0.4 is 10.9 Å². The molecule has 0 saturated heterocycles. The first kappa shape index (κ1) is 27.1. The van der Waals surface area contributed by atoms with Crippen LogP contribution in [0.2, 0.25) is 0 Å². The molecule has 0 spiro atoms. The first-order valence-electron chi connectivity index (χ1n) is 13.0. The van der Waals surface area contributed by atoms with Gasteiger partial charge in [-0.1, -0.05) is 48.0 Å². The van der Waals surface area contributed by atoms with Gasteiger partial charge in [0.15, 0.2) is 0 Å². The number of rotatable bonds is 7. The number of aryl methyl sites for hydroxylation is 4. The summed E-state index contributed by atoms with van der Waals surface area (Å²) >= 11 is 0. The molecule has 7 nitrogen and oxygen atoms in total. The minimum absolute atomic E-state index is 0.146. The molecule has 4 aromatic rings. The van der Waals surface area contributed by atoms with Crippen LogP contribution in [0.4, 0.5) is 10.5 Å². The number of fused-ring (bicyclic) bond motifs is 1. The number of amides is 2. The van der Waals surface area contributed by atoms with E-state index in [0.717, 1.165) is 33.6 Å². The first-order chi connectivity index (χ1) is 18.1. The van der Waals surface area contributed by atoms with Crippen molar-refractivity contribution in [2.24, 2.45) is 0 Å². The molecule has 38 heavy (non-hydrogen) atoms. The molecular weight excluding hydrogens is 474 g/mol. The Kier molecular flexibility index (Phi) is 7.97. The van der Waals surface area contributed by atoms with E-state index in [1.54, 1.807) is 15.5 Å². The highest BCUT2D eigenvalue weighted by Crippen LogP contribution is 2.27. The lowest BCUT2D eigenvalue weighted by atomic mass is 10.1. The molecule has 0 aliphatic heterocycles. The van der Waals surface area contributed by atoms with Gasteiger partial charge in [-0.25, -0.2) is 9.78 Å². The lowest BCUT2D eigenvalue weighted by molar-refractivity contribution is 0.181. The number of hydrogen-bond acceptors (Lipinski definition) is 4. The second kappa shape index (κ2) is 11.2.